The van der Waals surface area contributed by atoms with E-state index in [1.165, 1.54) is 11.3 Å². The van der Waals surface area contributed by atoms with Crippen LogP contribution in [0.25, 0.3) is 11.1 Å². The number of benzene rings is 1. The topological polar surface area (TPSA) is 84.9 Å². The zero-order valence-corrected chi connectivity index (χ0v) is 19.6. The lowest BCUT2D eigenvalue weighted by atomic mass is 9.97. The molecule has 0 aliphatic carbocycles. The lowest BCUT2D eigenvalue weighted by Gasteiger charge is -2.30. The number of piperidine rings is 1. The van der Waals surface area contributed by atoms with Crippen molar-refractivity contribution in [2.24, 2.45) is 5.92 Å². The van der Waals surface area contributed by atoms with E-state index in [4.69, 9.17) is 9.47 Å². The second kappa shape index (κ2) is 11.2. The van der Waals surface area contributed by atoms with Gasteiger partial charge in [0.1, 0.15) is 10.6 Å². The Bertz CT molecular complexity index is 946. The monoisotopic (exact) mass is 458 g/mol. The number of likely N-dealkylation sites (tertiary alicyclic amines) is 1. The zero-order valence-electron chi connectivity index (χ0n) is 18.8. The van der Waals surface area contributed by atoms with Crippen molar-refractivity contribution in [2.75, 3.05) is 38.2 Å². The number of aryl methyl sites for hydroxylation is 1. The SMILES string of the molecule is CCOC(=O)c1c(-c2ccc(C)cc2)csc1NC(=O)CN1CCC(C(=O)OCC)CC1. The second-order valence-electron chi connectivity index (χ2n) is 7.79. The van der Waals surface area contributed by atoms with E-state index >= 15 is 0 Å². The number of ether oxygens (including phenoxy) is 2. The number of hydrogen-bond acceptors (Lipinski definition) is 7. The third kappa shape index (κ3) is 5.95. The summed E-state index contributed by atoms with van der Waals surface area (Å²) in [6.07, 6.45) is 1.35. The first-order valence-electron chi connectivity index (χ1n) is 11.0. The van der Waals surface area contributed by atoms with Crippen LogP contribution >= 0.6 is 11.3 Å². The van der Waals surface area contributed by atoms with Crippen molar-refractivity contribution >= 4 is 34.2 Å². The quantitative estimate of drug-likeness (QED) is 0.599. The first-order chi connectivity index (χ1) is 15.4. The van der Waals surface area contributed by atoms with Crippen molar-refractivity contribution < 1.29 is 23.9 Å². The largest absolute Gasteiger partial charge is 0.466 e. The number of nitrogens with one attached hydrogen (secondary N) is 1. The fourth-order valence-electron chi connectivity index (χ4n) is 3.76. The second-order valence-corrected chi connectivity index (χ2v) is 8.67. The molecule has 2 aromatic rings. The maximum atomic E-state index is 12.7. The molecule has 0 spiro atoms. The minimum Gasteiger partial charge on any atom is -0.466 e. The number of thiophene rings is 1. The van der Waals surface area contributed by atoms with Gasteiger partial charge in [-0.1, -0.05) is 29.8 Å². The number of esters is 2. The summed E-state index contributed by atoms with van der Waals surface area (Å²) in [5, 5.41) is 5.26. The smallest absolute Gasteiger partial charge is 0.341 e. The third-order valence-electron chi connectivity index (χ3n) is 5.46. The van der Waals surface area contributed by atoms with Crippen LogP contribution in [-0.4, -0.2) is 55.6 Å². The highest BCUT2D eigenvalue weighted by Gasteiger charge is 2.28. The molecule has 3 rings (SSSR count). The molecule has 1 aliphatic heterocycles. The van der Waals surface area contributed by atoms with E-state index in [-0.39, 0.29) is 30.9 Å². The minimum atomic E-state index is -0.449. The Morgan fingerprint density at radius 2 is 1.72 bits per heavy atom. The van der Waals surface area contributed by atoms with Gasteiger partial charge in [-0.05, 0) is 52.3 Å². The molecule has 1 amide bonds. The lowest BCUT2D eigenvalue weighted by molar-refractivity contribution is -0.149. The van der Waals surface area contributed by atoms with E-state index in [0.29, 0.717) is 43.1 Å². The van der Waals surface area contributed by atoms with Gasteiger partial charge in [0.05, 0.1) is 25.7 Å². The van der Waals surface area contributed by atoms with Crippen molar-refractivity contribution in [2.45, 2.75) is 33.6 Å². The average Bonchev–Trinajstić information content (AvgIpc) is 3.18. The van der Waals surface area contributed by atoms with E-state index in [0.717, 1.165) is 16.7 Å². The fraction of sp³-hybridized carbons (Fsp3) is 0.458. The normalized spacial score (nSPS) is 14.7. The van der Waals surface area contributed by atoms with Gasteiger partial charge >= 0.3 is 11.9 Å². The van der Waals surface area contributed by atoms with E-state index in [1.807, 2.05) is 41.5 Å². The number of amides is 1. The highest BCUT2D eigenvalue weighted by atomic mass is 32.1. The van der Waals surface area contributed by atoms with Crippen LogP contribution in [0.4, 0.5) is 5.00 Å². The Morgan fingerprint density at radius 1 is 1.06 bits per heavy atom. The Hall–Kier alpha value is -2.71. The molecule has 0 atom stereocenters. The fourth-order valence-corrected chi connectivity index (χ4v) is 4.73. The molecule has 1 aliphatic rings. The van der Waals surface area contributed by atoms with Gasteiger partial charge in [-0.2, -0.15) is 0 Å². The summed E-state index contributed by atoms with van der Waals surface area (Å²) in [6.45, 7) is 7.72. The van der Waals surface area contributed by atoms with E-state index in [1.54, 1.807) is 13.8 Å². The van der Waals surface area contributed by atoms with Crippen molar-refractivity contribution in [1.29, 1.82) is 0 Å². The van der Waals surface area contributed by atoms with Gasteiger partial charge in [-0.25, -0.2) is 4.79 Å². The standard InChI is InChI=1S/C24H30N2O5S/c1-4-30-23(28)18-10-12-26(13-11-18)14-20(27)25-22-21(24(29)31-5-2)19(15-32-22)17-8-6-16(3)7-9-17/h6-9,15,18H,4-5,10-14H2,1-3H3,(H,25,27). The molecule has 0 unspecified atom stereocenters. The van der Waals surface area contributed by atoms with Gasteiger partial charge in [-0.15, -0.1) is 11.3 Å². The van der Waals surface area contributed by atoms with Gasteiger partial charge in [-0.3, -0.25) is 14.5 Å². The van der Waals surface area contributed by atoms with Gasteiger partial charge in [0.2, 0.25) is 5.91 Å². The average molecular weight is 459 g/mol. The van der Waals surface area contributed by atoms with Crippen LogP contribution in [0.1, 0.15) is 42.6 Å². The Labute approximate surface area is 192 Å². The molecule has 0 bridgehead atoms. The minimum absolute atomic E-state index is 0.0981. The molecule has 172 valence electrons. The molecular formula is C24H30N2O5S. The van der Waals surface area contributed by atoms with Crippen LogP contribution < -0.4 is 5.32 Å². The molecule has 1 aromatic heterocycles. The molecule has 0 radical (unpaired) electrons. The lowest BCUT2D eigenvalue weighted by Crippen LogP contribution is -2.41. The number of anilines is 1. The summed E-state index contributed by atoms with van der Waals surface area (Å²) in [5.74, 6) is -0.894. The van der Waals surface area contributed by atoms with Crippen LogP contribution in [0.3, 0.4) is 0 Å². The Kier molecular flexibility index (Phi) is 8.41. The molecule has 7 nitrogen and oxygen atoms in total. The summed E-state index contributed by atoms with van der Waals surface area (Å²) in [5.41, 5.74) is 3.16. The van der Waals surface area contributed by atoms with Crippen LogP contribution in [0.15, 0.2) is 29.6 Å². The van der Waals surface area contributed by atoms with Gasteiger partial charge < -0.3 is 14.8 Å². The number of nitrogens with zero attached hydrogens (tertiary/aromatic N) is 1. The molecular weight excluding hydrogens is 428 g/mol. The molecule has 32 heavy (non-hydrogen) atoms. The molecule has 8 heteroatoms. The molecule has 1 fully saturated rings. The van der Waals surface area contributed by atoms with E-state index in [9.17, 15) is 14.4 Å². The van der Waals surface area contributed by atoms with E-state index in [2.05, 4.69) is 5.32 Å². The highest BCUT2D eigenvalue weighted by Crippen LogP contribution is 2.36. The predicted octanol–water partition coefficient (Wildman–Crippen LogP) is 4.11. The van der Waals surface area contributed by atoms with Gasteiger partial charge in [0.25, 0.3) is 0 Å². The third-order valence-corrected chi connectivity index (χ3v) is 6.36. The van der Waals surface area contributed by atoms with Crippen molar-refractivity contribution in [3.63, 3.8) is 0 Å². The Balaban J connectivity index is 1.67. The molecule has 1 saturated heterocycles. The first kappa shape index (κ1) is 23.9. The summed E-state index contributed by atoms with van der Waals surface area (Å²) in [6, 6.07) is 7.89. The molecule has 1 aromatic carbocycles. The van der Waals surface area contributed by atoms with Gasteiger partial charge in [0.15, 0.2) is 0 Å². The van der Waals surface area contributed by atoms with Crippen LogP contribution in [0.5, 0.6) is 0 Å². The maximum Gasteiger partial charge on any atom is 0.341 e. The Morgan fingerprint density at radius 3 is 2.34 bits per heavy atom. The van der Waals surface area contributed by atoms with Crippen LogP contribution in [0.2, 0.25) is 0 Å². The summed E-state index contributed by atoms with van der Waals surface area (Å²) in [4.78, 5) is 39.3. The molecule has 1 N–H and O–H groups in total. The maximum absolute atomic E-state index is 12.7. The summed E-state index contributed by atoms with van der Waals surface area (Å²) < 4.78 is 10.4. The summed E-state index contributed by atoms with van der Waals surface area (Å²) in [7, 11) is 0. The zero-order chi connectivity index (χ0) is 23.1. The van der Waals surface area contributed by atoms with Crippen LogP contribution in [0, 0.1) is 12.8 Å². The summed E-state index contributed by atoms with van der Waals surface area (Å²) >= 11 is 1.32. The van der Waals surface area contributed by atoms with Crippen molar-refractivity contribution in [1.82, 2.24) is 4.90 Å². The van der Waals surface area contributed by atoms with E-state index < -0.39 is 5.97 Å². The number of carbonyl (C=O) groups is 3. The van der Waals surface area contributed by atoms with Crippen LogP contribution in [-0.2, 0) is 19.1 Å². The van der Waals surface area contributed by atoms with Crippen molar-refractivity contribution in [3.05, 3.63) is 40.8 Å². The van der Waals surface area contributed by atoms with Crippen molar-refractivity contribution in [3.8, 4) is 11.1 Å². The van der Waals surface area contributed by atoms with Gasteiger partial charge in [0, 0.05) is 10.9 Å². The number of hydrogen-bond donors (Lipinski definition) is 1. The number of carbonyl (C=O) groups excluding carboxylic acids is 3. The molecule has 2 heterocycles. The first-order valence-corrected chi connectivity index (χ1v) is 11.8. The predicted molar refractivity (Wildman–Crippen MR) is 125 cm³/mol. The molecule has 0 saturated carbocycles. The number of rotatable bonds is 8. The highest BCUT2D eigenvalue weighted by molar-refractivity contribution is 7.15.